The topological polar surface area (TPSA) is 86.4 Å². The lowest BCUT2D eigenvalue weighted by atomic mass is 10.2. The number of H-pyrrole nitrogens is 1. The third-order valence-electron chi connectivity index (χ3n) is 3.94. The first-order valence-electron chi connectivity index (χ1n) is 7.49. The standard InChI is InChI=1S/C14H17FN4O3S/c15-10-7-16-14(22)17-12(10)23-8-11(20)18-3-5-19(6-4-18)13(21)9-1-2-9/h7,9H,1-6,8H2,(H,16,17,22). The molecular weight excluding hydrogens is 323 g/mol. The Bertz CT molecular complexity index is 668. The van der Waals surface area contributed by atoms with E-state index >= 15 is 0 Å². The summed E-state index contributed by atoms with van der Waals surface area (Å²) >= 11 is 0.943. The van der Waals surface area contributed by atoms with Crippen molar-refractivity contribution < 1.29 is 14.0 Å². The molecule has 1 aliphatic heterocycles. The second kappa shape index (κ2) is 6.69. The summed E-state index contributed by atoms with van der Waals surface area (Å²) in [7, 11) is 0. The second-order valence-corrected chi connectivity index (χ2v) is 6.62. The molecule has 0 aromatic carbocycles. The van der Waals surface area contributed by atoms with Crippen LogP contribution in [0.25, 0.3) is 0 Å². The van der Waals surface area contributed by atoms with Crippen LogP contribution in [-0.2, 0) is 9.59 Å². The maximum atomic E-state index is 13.5. The van der Waals surface area contributed by atoms with Gasteiger partial charge in [0.15, 0.2) is 5.82 Å². The highest BCUT2D eigenvalue weighted by Gasteiger charge is 2.35. The Hall–Kier alpha value is -1.90. The van der Waals surface area contributed by atoms with Crippen LogP contribution in [0.4, 0.5) is 4.39 Å². The van der Waals surface area contributed by atoms with Crippen LogP contribution in [0.1, 0.15) is 12.8 Å². The van der Waals surface area contributed by atoms with Crippen molar-refractivity contribution in [2.45, 2.75) is 17.9 Å². The molecular formula is C14H17FN4O3S. The van der Waals surface area contributed by atoms with E-state index in [9.17, 15) is 18.8 Å². The van der Waals surface area contributed by atoms with Crippen LogP contribution in [-0.4, -0.2) is 63.5 Å². The maximum absolute atomic E-state index is 13.5. The predicted octanol–water partition coefficient (Wildman–Crippen LogP) is 0.0819. The monoisotopic (exact) mass is 340 g/mol. The van der Waals surface area contributed by atoms with Gasteiger partial charge in [0.1, 0.15) is 5.03 Å². The summed E-state index contributed by atoms with van der Waals surface area (Å²) in [4.78, 5) is 44.2. The zero-order valence-electron chi connectivity index (χ0n) is 12.5. The van der Waals surface area contributed by atoms with Crippen molar-refractivity contribution in [2.75, 3.05) is 31.9 Å². The van der Waals surface area contributed by atoms with Crippen LogP contribution in [0.2, 0.25) is 0 Å². The molecule has 0 bridgehead atoms. The van der Waals surface area contributed by atoms with Gasteiger partial charge in [-0.25, -0.2) is 9.18 Å². The van der Waals surface area contributed by atoms with Gasteiger partial charge in [0.25, 0.3) is 0 Å². The van der Waals surface area contributed by atoms with E-state index in [2.05, 4.69) is 9.97 Å². The van der Waals surface area contributed by atoms with E-state index in [1.54, 1.807) is 4.90 Å². The summed E-state index contributed by atoms with van der Waals surface area (Å²) in [5.41, 5.74) is -0.645. The summed E-state index contributed by atoms with van der Waals surface area (Å²) in [5, 5.41) is 0.0147. The molecule has 1 aliphatic carbocycles. The maximum Gasteiger partial charge on any atom is 0.345 e. The van der Waals surface area contributed by atoms with E-state index in [-0.39, 0.29) is 28.5 Å². The van der Waals surface area contributed by atoms with Crippen LogP contribution in [0.3, 0.4) is 0 Å². The molecule has 1 aromatic heterocycles. The first-order chi connectivity index (χ1) is 11.0. The van der Waals surface area contributed by atoms with E-state index in [0.29, 0.717) is 26.2 Å². The van der Waals surface area contributed by atoms with Crippen molar-refractivity contribution >= 4 is 23.6 Å². The van der Waals surface area contributed by atoms with Gasteiger partial charge >= 0.3 is 5.69 Å². The fourth-order valence-corrected chi connectivity index (χ4v) is 3.26. The summed E-state index contributed by atoms with van der Waals surface area (Å²) in [5.74, 6) is -0.358. The highest BCUT2D eigenvalue weighted by Crippen LogP contribution is 2.31. The lowest BCUT2D eigenvalue weighted by Crippen LogP contribution is -2.51. The van der Waals surface area contributed by atoms with Crippen LogP contribution in [0.15, 0.2) is 16.0 Å². The number of amides is 2. The number of hydrogen-bond donors (Lipinski definition) is 1. The van der Waals surface area contributed by atoms with E-state index in [1.165, 1.54) is 0 Å². The fourth-order valence-electron chi connectivity index (χ4n) is 2.46. The van der Waals surface area contributed by atoms with Gasteiger partial charge < -0.3 is 9.80 Å². The van der Waals surface area contributed by atoms with E-state index in [4.69, 9.17) is 0 Å². The molecule has 1 saturated heterocycles. The number of piperazine rings is 1. The molecule has 7 nitrogen and oxygen atoms in total. The normalized spacial score (nSPS) is 18.1. The third-order valence-corrected chi connectivity index (χ3v) is 4.92. The number of carbonyl (C=O) groups excluding carboxylic acids is 2. The minimum atomic E-state index is -0.651. The quantitative estimate of drug-likeness (QED) is 0.620. The summed E-state index contributed by atoms with van der Waals surface area (Å²) in [6.45, 7) is 2.08. The van der Waals surface area contributed by atoms with Crippen molar-refractivity contribution in [1.82, 2.24) is 19.8 Å². The highest BCUT2D eigenvalue weighted by molar-refractivity contribution is 7.99. The van der Waals surface area contributed by atoms with Crippen molar-refractivity contribution in [2.24, 2.45) is 5.92 Å². The number of hydrogen-bond acceptors (Lipinski definition) is 5. The van der Waals surface area contributed by atoms with Crippen LogP contribution in [0, 0.1) is 11.7 Å². The molecule has 3 rings (SSSR count). The second-order valence-electron chi connectivity index (χ2n) is 5.63. The number of thioether (sulfide) groups is 1. The Balaban J connectivity index is 1.48. The largest absolute Gasteiger partial charge is 0.345 e. The Labute approximate surface area is 136 Å². The van der Waals surface area contributed by atoms with Crippen molar-refractivity contribution in [3.05, 3.63) is 22.5 Å². The van der Waals surface area contributed by atoms with Crippen molar-refractivity contribution in [3.63, 3.8) is 0 Å². The summed E-state index contributed by atoms with van der Waals surface area (Å²) < 4.78 is 13.5. The van der Waals surface area contributed by atoms with Gasteiger partial charge in [0.05, 0.1) is 11.9 Å². The van der Waals surface area contributed by atoms with Crippen molar-refractivity contribution in [1.29, 1.82) is 0 Å². The Kier molecular flexibility index (Phi) is 4.65. The molecule has 1 N–H and O–H groups in total. The third kappa shape index (κ3) is 3.90. The molecule has 9 heteroatoms. The molecule has 2 fully saturated rings. The smallest absolute Gasteiger partial charge is 0.339 e. The molecule has 0 radical (unpaired) electrons. The van der Waals surface area contributed by atoms with E-state index < -0.39 is 11.5 Å². The van der Waals surface area contributed by atoms with Gasteiger partial charge in [0, 0.05) is 32.1 Å². The Morgan fingerprint density at radius 2 is 1.91 bits per heavy atom. The molecule has 2 heterocycles. The Morgan fingerprint density at radius 1 is 1.26 bits per heavy atom. The van der Waals surface area contributed by atoms with Crippen molar-refractivity contribution in [3.8, 4) is 0 Å². The summed E-state index contributed by atoms with van der Waals surface area (Å²) in [6.07, 6.45) is 2.79. The van der Waals surface area contributed by atoms with Gasteiger partial charge in [-0.2, -0.15) is 4.98 Å². The number of aromatic nitrogens is 2. The average Bonchev–Trinajstić information content (AvgIpc) is 3.40. The van der Waals surface area contributed by atoms with Gasteiger partial charge in [-0.1, -0.05) is 11.8 Å². The van der Waals surface area contributed by atoms with Crippen LogP contribution < -0.4 is 5.69 Å². The number of carbonyl (C=O) groups is 2. The van der Waals surface area contributed by atoms with Gasteiger partial charge in [-0.05, 0) is 12.8 Å². The molecule has 23 heavy (non-hydrogen) atoms. The molecule has 124 valence electrons. The molecule has 0 atom stereocenters. The molecule has 1 saturated carbocycles. The predicted molar refractivity (Wildman–Crippen MR) is 81.4 cm³/mol. The van der Waals surface area contributed by atoms with Gasteiger partial charge in [-0.3, -0.25) is 14.6 Å². The lowest BCUT2D eigenvalue weighted by molar-refractivity contribution is -0.139. The Morgan fingerprint density at radius 3 is 2.57 bits per heavy atom. The number of nitrogens with zero attached hydrogens (tertiary/aromatic N) is 3. The summed E-state index contributed by atoms with van der Waals surface area (Å²) in [6, 6.07) is 0. The van der Waals surface area contributed by atoms with E-state index in [1.807, 2.05) is 4.90 Å². The number of halogens is 1. The number of rotatable bonds is 4. The number of aromatic amines is 1. The minimum absolute atomic E-state index is 0.0147. The zero-order chi connectivity index (χ0) is 16.4. The molecule has 0 unspecified atom stereocenters. The van der Waals surface area contributed by atoms with Gasteiger partial charge in [0.2, 0.25) is 11.8 Å². The van der Waals surface area contributed by atoms with Crippen LogP contribution in [0.5, 0.6) is 0 Å². The minimum Gasteiger partial charge on any atom is -0.339 e. The molecule has 2 amide bonds. The van der Waals surface area contributed by atoms with E-state index in [0.717, 1.165) is 30.8 Å². The highest BCUT2D eigenvalue weighted by atomic mass is 32.2. The lowest BCUT2D eigenvalue weighted by Gasteiger charge is -2.34. The zero-order valence-corrected chi connectivity index (χ0v) is 13.3. The SMILES string of the molecule is O=C(CSc1[nH]c(=O)ncc1F)N1CCN(C(=O)C2CC2)CC1. The van der Waals surface area contributed by atoms with Gasteiger partial charge in [-0.15, -0.1) is 0 Å². The molecule has 2 aliphatic rings. The molecule has 1 aromatic rings. The first-order valence-corrected chi connectivity index (χ1v) is 8.47. The fraction of sp³-hybridized carbons (Fsp3) is 0.571. The average molecular weight is 340 g/mol. The molecule has 0 spiro atoms. The number of nitrogens with one attached hydrogen (secondary N) is 1. The van der Waals surface area contributed by atoms with Crippen LogP contribution >= 0.6 is 11.8 Å². The first kappa shape index (κ1) is 16.0.